The summed E-state index contributed by atoms with van der Waals surface area (Å²) in [4.78, 5) is 0.494. The number of rotatable bonds is 2. The van der Waals surface area contributed by atoms with Gasteiger partial charge >= 0.3 is 0 Å². The predicted molar refractivity (Wildman–Crippen MR) is 134 cm³/mol. The third-order valence-electron chi connectivity index (χ3n) is 4.84. The lowest BCUT2D eigenvalue weighted by Gasteiger charge is -2.20. The average molecular weight is 489 g/mol. The second-order valence-corrected chi connectivity index (χ2v) is 14.8. The van der Waals surface area contributed by atoms with E-state index in [1.807, 2.05) is 19.9 Å². The maximum absolute atomic E-state index is 13.0. The summed E-state index contributed by atoms with van der Waals surface area (Å²) >= 11 is 0. The monoisotopic (exact) mass is 488 g/mol. The van der Waals surface area contributed by atoms with Gasteiger partial charge in [0.2, 0.25) is 0 Å². The molecule has 0 heterocycles. The quantitative estimate of drug-likeness (QED) is 0.463. The van der Waals surface area contributed by atoms with Gasteiger partial charge in [-0.05, 0) is 103 Å². The Labute approximate surface area is 196 Å². The van der Waals surface area contributed by atoms with Crippen LogP contribution in [0.4, 0.5) is 4.39 Å². The molecular weight excluding hydrogens is 447 g/mol. The molecule has 4 nitrogen and oxygen atoms in total. The molecule has 2 rings (SSSR count). The van der Waals surface area contributed by atoms with E-state index < -0.39 is 35.0 Å². The molecule has 0 N–H and O–H groups in total. The Morgan fingerprint density at radius 3 is 1.47 bits per heavy atom. The van der Waals surface area contributed by atoms with Gasteiger partial charge in [-0.15, -0.1) is 0 Å². The zero-order chi connectivity index (χ0) is 23.7. The van der Waals surface area contributed by atoms with E-state index in [1.165, 1.54) is 12.1 Å². The van der Waals surface area contributed by atoms with Crippen molar-refractivity contribution in [1.82, 2.24) is 0 Å². The van der Waals surface area contributed by atoms with Crippen molar-refractivity contribution in [2.45, 2.75) is 96.5 Å². The van der Waals surface area contributed by atoms with Crippen molar-refractivity contribution >= 4 is 19.7 Å². The van der Waals surface area contributed by atoms with Crippen LogP contribution in [0, 0.1) is 26.6 Å². The first kappa shape index (κ1) is 32.4. The lowest BCUT2D eigenvalue weighted by atomic mass is 10.1. The minimum atomic E-state index is -3.47. The Morgan fingerprint density at radius 1 is 0.625 bits per heavy atom. The maximum Gasteiger partial charge on any atom is 0.183 e. The smallest absolute Gasteiger partial charge is 0.183 e. The van der Waals surface area contributed by atoms with Gasteiger partial charge in [0, 0.05) is 0 Å². The molecule has 0 aliphatic carbocycles. The van der Waals surface area contributed by atoms with Gasteiger partial charge in [0.1, 0.15) is 5.82 Å². The van der Waals surface area contributed by atoms with Gasteiger partial charge in [-0.25, -0.2) is 21.2 Å². The van der Waals surface area contributed by atoms with E-state index in [-0.39, 0.29) is 19.7 Å². The first-order valence-corrected chi connectivity index (χ1v) is 12.6. The molecule has 2 aromatic rings. The molecule has 7 heteroatoms. The molecule has 0 atom stereocenters. The van der Waals surface area contributed by atoms with Crippen molar-refractivity contribution in [3.8, 4) is 0 Å². The molecule has 0 saturated carbocycles. The van der Waals surface area contributed by atoms with Crippen molar-refractivity contribution < 1.29 is 21.2 Å². The van der Waals surface area contributed by atoms with Gasteiger partial charge in [-0.1, -0.05) is 27.0 Å². The van der Waals surface area contributed by atoms with Crippen LogP contribution in [0.5, 0.6) is 0 Å². The molecule has 2 aromatic carbocycles. The maximum atomic E-state index is 13.0. The molecule has 32 heavy (non-hydrogen) atoms. The Morgan fingerprint density at radius 2 is 1.06 bits per heavy atom. The molecule has 0 aliphatic rings. The van der Waals surface area contributed by atoms with Crippen LogP contribution < -0.4 is 0 Å². The van der Waals surface area contributed by atoms with E-state index >= 15 is 0 Å². The number of halogens is 1. The topological polar surface area (TPSA) is 68.3 Å². The summed E-state index contributed by atoms with van der Waals surface area (Å²) in [5.74, 6) is -0.525. The summed E-state index contributed by atoms with van der Waals surface area (Å²) in [7, 11) is -6.69. The zero-order valence-corrected chi connectivity index (χ0v) is 20.9. The third-order valence-corrected chi connectivity index (χ3v) is 9.96. The highest BCUT2D eigenvalue weighted by molar-refractivity contribution is 7.93. The van der Waals surface area contributed by atoms with Crippen LogP contribution in [0.15, 0.2) is 46.2 Å². The van der Waals surface area contributed by atoms with E-state index in [9.17, 15) is 21.2 Å². The van der Waals surface area contributed by atoms with Crippen molar-refractivity contribution in [1.29, 1.82) is 0 Å². The Bertz CT molecular complexity index is 1120. The third kappa shape index (κ3) is 7.14. The average Bonchev–Trinajstić information content (AvgIpc) is 2.57. The van der Waals surface area contributed by atoms with Gasteiger partial charge in [-0.3, -0.25) is 0 Å². The fraction of sp³-hybridized carbons (Fsp3) is 0.520. The molecule has 0 aromatic heterocycles. The van der Waals surface area contributed by atoms with Gasteiger partial charge in [-0.2, -0.15) is 0 Å². The van der Waals surface area contributed by atoms with Crippen LogP contribution in [0.3, 0.4) is 0 Å². The highest BCUT2D eigenvalue weighted by Crippen LogP contribution is 2.28. The van der Waals surface area contributed by atoms with E-state index in [0.29, 0.717) is 10.5 Å². The summed E-state index contributed by atoms with van der Waals surface area (Å²) in [6.45, 7) is 15.5. The van der Waals surface area contributed by atoms with Crippen molar-refractivity contribution in [3.05, 3.63) is 58.9 Å². The second-order valence-electron chi connectivity index (χ2n) is 9.39. The molecule has 0 bridgehead atoms. The molecule has 0 spiro atoms. The first-order chi connectivity index (χ1) is 13.3. The summed E-state index contributed by atoms with van der Waals surface area (Å²) < 4.78 is 59.7. The second kappa shape index (κ2) is 10.9. The number of hydrogen-bond acceptors (Lipinski definition) is 4. The Balaban J connectivity index is 0. The fourth-order valence-electron chi connectivity index (χ4n) is 2.43. The number of hydrogen-bond donors (Lipinski definition) is 0. The normalized spacial score (nSPS) is 12.1. The van der Waals surface area contributed by atoms with E-state index in [0.717, 1.165) is 17.2 Å². The van der Waals surface area contributed by atoms with Gasteiger partial charge in [0.15, 0.2) is 19.7 Å². The van der Waals surface area contributed by atoms with E-state index in [1.54, 1.807) is 60.6 Å². The van der Waals surface area contributed by atoms with Crippen LogP contribution in [0.1, 0.15) is 73.1 Å². The molecule has 0 unspecified atom stereocenters. The lowest BCUT2D eigenvalue weighted by Crippen LogP contribution is -2.28. The summed E-state index contributed by atoms with van der Waals surface area (Å²) in [5.41, 5.74) is 2.70. The zero-order valence-electron chi connectivity index (χ0n) is 19.3. The van der Waals surface area contributed by atoms with Crippen LogP contribution in [-0.4, -0.2) is 26.3 Å². The molecule has 184 valence electrons. The Kier molecular flexibility index (Phi) is 11.1. The fourth-order valence-corrected chi connectivity index (χ4v) is 5.13. The van der Waals surface area contributed by atoms with Crippen LogP contribution >= 0.6 is 0 Å². The molecule has 0 fully saturated rings. The standard InChI is InChI=1S/C12H18O2S.C11H15FO2S.2CH4/c1-9-6-7-11(8-10(9)2)15(13,14)12(3,4)5;1-8-5-6-9(12)7-10(8)15(13,14)11(2,3)4;;/h6-8H,1-5H3;5-7H,1-4H3;2*1H4. The van der Waals surface area contributed by atoms with Crippen LogP contribution in [0.2, 0.25) is 0 Å². The SMILES string of the molecule is C.C.Cc1ccc(F)cc1S(=O)(=O)C(C)(C)C.Cc1ccc(S(=O)(=O)C(C)(C)C)cc1C. The molecule has 0 radical (unpaired) electrons. The van der Waals surface area contributed by atoms with Crippen molar-refractivity contribution in [3.63, 3.8) is 0 Å². The summed E-state index contributed by atoms with van der Waals surface area (Å²) in [5, 5.41) is 0. The van der Waals surface area contributed by atoms with Gasteiger partial charge in [0.25, 0.3) is 0 Å². The number of benzene rings is 2. The minimum Gasteiger partial charge on any atom is -0.223 e. The summed E-state index contributed by atoms with van der Waals surface area (Å²) in [6, 6.07) is 9.10. The van der Waals surface area contributed by atoms with Crippen LogP contribution in [0.25, 0.3) is 0 Å². The van der Waals surface area contributed by atoms with Crippen molar-refractivity contribution in [2.75, 3.05) is 0 Å². The molecular formula is C25H41FO4S2. The Hall–Kier alpha value is -1.73. The summed E-state index contributed by atoms with van der Waals surface area (Å²) in [6.07, 6.45) is 0. The number of aryl methyl sites for hydroxylation is 3. The highest BCUT2D eigenvalue weighted by Gasteiger charge is 2.32. The van der Waals surface area contributed by atoms with Crippen LogP contribution in [-0.2, 0) is 19.7 Å². The molecule has 0 amide bonds. The lowest BCUT2D eigenvalue weighted by molar-refractivity contribution is 0.556. The molecule has 0 saturated heterocycles. The van der Waals surface area contributed by atoms with E-state index in [2.05, 4.69) is 0 Å². The predicted octanol–water partition coefficient (Wildman–Crippen LogP) is 6.85. The molecule has 0 aliphatic heterocycles. The van der Waals surface area contributed by atoms with Gasteiger partial charge in [0.05, 0.1) is 19.3 Å². The first-order valence-electron chi connectivity index (χ1n) is 9.65. The van der Waals surface area contributed by atoms with Gasteiger partial charge < -0.3 is 0 Å². The van der Waals surface area contributed by atoms with Crippen molar-refractivity contribution in [2.24, 2.45) is 0 Å². The van der Waals surface area contributed by atoms with E-state index in [4.69, 9.17) is 0 Å². The minimum absolute atomic E-state index is 0. The number of sulfone groups is 2. The largest absolute Gasteiger partial charge is 0.223 e. The highest BCUT2D eigenvalue weighted by atomic mass is 32.2.